The Hall–Kier alpha value is -3.35. The van der Waals surface area contributed by atoms with E-state index in [2.05, 4.69) is 17.2 Å². The lowest BCUT2D eigenvalue weighted by atomic mass is 10.1. The zero-order chi connectivity index (χ0) is 19.7. The van der Waals surface area contributed by atoms with Gasteiger partial charge in [0.25, 0.3) is 11.7 Å². The Labute approximate surface area is 163 Å². The van der Waals surface area contributed by atoms with Crippen molar-refractivity contribution in [2.24, 2.45) is 0 Å². The molecule has 2 aliphatic rings. The number of para-hydroxylation sites is 2. The number of carbonyl (C=O) groups is 2. The van der Waals surface area contributed by atoms with Crippen LogP contribution in [-0.4, -0.2) is 37.0 Å². The third-order valence-corrected chi connectivity index (χ3v) is 4.79. The highest BCUT2D eigenvalue weighted by atomic mass is 16.5. The molecule has 1 saturated heterocycles. The van der Waals surface area contributed by atoms with Crippen LogP contribution in [0.5, 0.6) is 5.75 Å². The summed E-state index contributed by atoms with van der Waals surface area (Å²) in [5, 5.41) is 3.30. The van der Waals surface area contributed by atoms with Gasteiger partial charge in [-0.3, -0.25) is 14.7 Å². The number of urea groups is 1. The van der Waals surface area contributed by atoms with Crippen LogP contribution in [0.4, 0.5) is 21.9 Å². The fraction of sp³-hybridized carbons (Fsp3) is 0.286. The molecule has 7 nitrogen and oxygen atoms in total. The van der Waals surface area contributed by atoms with Crippen molar-refractivity contribution in [3.05, 3.63) is 48.5 Å². The first kappa shape index (κ1) is 18.0. The Morgan fingerprint density at radius 1 is 1.07 bits per heavy atom. The fourth-order valence-electron chi connectivity index (χ4n) is 3.54. The molecule has 2 aromatic rings. The van der Waals surface area contributed by atoms with Crippen LogP contribution in [0.2, 0.25) is 0 Å². The summed E-state index contributed by atoms with van der Waals surface area (Å²) in [7, 11) is 0. The standard InChI is InChI=1S/C21H22N4O3/c1-3-13-22-19-18-20(26)24(14-9-11-15(12-10-14)28-4-2)21(27)25(18)17-8-6-5-7-16(17)23-19/h5-12,18H,3-4,13H2,1-2H3,(H,22,23)/p+1. The summed E-state index contributed by atoms with van der Waals surface area (Å²) in [6, 6.07) is 13.4. The summed E-state index contributed by atoms with van der Waals surface area (Å²) in [4.78, 5) is 32.6. The Morgan fingerprint density at radius 3 is 2.54 bits per heavy atom. The zero-order valence-electron chi connectivity index (χ0n) is 15.9. The van der Waals surface area contributed by atoms with Crippen molar-refractivity contribution in [2.75, 3.05) is 28.3 Å². The average molecular weight is 379 g/mol. The highest BCUT2D eigenvalue weighted by molar-refractivity contribution is 6.37. The third-order valence-electron chi connectivity index (χ3n) is 4.79. The van der Waals surface area contributed by atoms with E-state index in [-0.39, 0.29) is 11.9 Å². The van der Waals surface area contributed by atoms with Crippen molar-refractivity contribution in [2.45, 2.75) is 26.3 Å². The van der Waals surface area contributed by atoms with E-state index >= 15 is 0 Å². The topological polar surface area (TPSA) is 75.8 Å². The molecule has 2 N–H and O–H groups in total. The second kappa shape index (κ2) is 7.34. The van der Waals surface area contributed by atoms with Gasteiger partial charge < -0.3 is 4.74 Å². The molecule has 144 valence electrons. The number of ether oxygens (including phenoxy) is 1. The number of nitrogens with zero attached hydrogens (tertiary/aromatic N) is 2. The Kier molecular flexibility index (Phi) is 4.73. The number of fused-ring (bicyclic) bond motifs is 3. The molecular formula is C21H23N4O3+. The third kappa shape index (κ3) is 2.89. The van der Waals surface area contributed by atoms with Gasteiger partial charge in [-0.05, 0) is 49.7 Å². The van der Waals surface area contributed by atoms with Crippen LogP contribution in [0.25, 0.3) is 0 Å². The van der Waals surface area contributed by atoms with Gasteiger partial charge in [0.2, 0.25) is 6.04 Å². The number of carbonyl (C=O) groups excluding carboxylic acids is 2. The highest BCUT2D eigenvalue weighted by Gasteiger charge is 2.54. The monoisotopic (exact) mass is 379 g/mol. The lowest BCUT2D eigenvalue weighted by Gasteiger charge is -2.26. The number of hydrogen-bond acceptors (Lipinski definition) is 3. The van der Waals surface area contributed by atoms with Gasteiger partial charge in [0.15, 0.2) is 0 Å². The molecule has 1 unspecified atom stereocenters. The number of amidine groups is 1. The van der Waals surface area contributed by atoms with Crippen molar-refractivity contribution >= 4 is 34.8 Å². The molecule has 0 aliphatic carbocycles. The SMILES string of the molecule is CCC[NH+]=C1Nc2ccccc2N2C(=O)N(c3ccc(OCC)cc3)C(=O)C12. The van der Waals surface area contributed by atoms with Crippen molar-refractivity contribution < 1.29 is 19.3 Å². The van der Waals surface area contributed by atoms with Crippen LogP contribution < -0.4 is 24.8 Å². The number of benzene rings is 2. The van der Waals surface area contributed by atoms with Gasteiger partial charge >= 0.3 is 6.03 Å². The van der Waals surface area contributed by atoms with Crippen LogP contribution in [0.3, 0.4) is 0 Å². The minimum Gasteiger partial charge on any atom is -0.494 e. The van der Waals surface area contributed by atoms with Crippen LogP contribution >= 0.6 is 0 Å². The molecule has 0 aromatic heterocycles. The van der Waals surface area contributed by atoms with Crippen LogP contribution in [0, 0.1) is 0 Å². The van der Waals surface area contributed by atoms with Gasteiger partial charge in [-0.25, -0.2) is 15.0 Å². The molecule has 7 heteroatoms. The lowest BCUT2D eigenvalue weighted by Crippen LogP contribution is -2.79. The first-order valence-corrected chi connectivity index (χ1v) is 9.52. The maximum Gasteiger partial charge on any atom is 0.337 e. The van der Waals surface area contributed by atoms with E-state index in [0.29, 0.717) is 36.1 Å². The summed E-state index contributed by atoms with van der Waals surface area (Å²) in [5.74, 6) is 1.05. The maximum atomic E-state index is 13.3. The first-order chi connectivity index (χ1) is 13.7. The summed E-state index contributed by atoms with van der Waals surface area (Å²) in [6.45, 7) is 5.22. The van der Waals surface area contributed by atoms with Crippen LogP contribution in [0.1, 0.15) is 20.3 Å². The molecule has 2 heterocycles. The summed E-state index contributed by atoms with van der Waals surface area (Å²) in [5.41, 5.74) is 2.02. The smallest absolute Gasteiger partial charge is 0.337 e. The normalized spacial score (nSPS) is 19.5. The van der Waals surface area contributed by atoms with Gasteiger partial charge in [0.1, 0.15) is 11.4 Å². The summed E-state index contributed by atoms with van der Waals surface area (Å²) >= 11 is 0. The molecule has 2 aromatic carbocycles. The second-order valence-electron chi connectivity index (χ2n) is 6.64. The summed E-state index contributed by atoms with van der Waals surface area (Å²) < 4.78 is 5.46. The Bertz CT molecular complexity index is 939. The molecule has 1 fully saturated rings. The van der Waals surface area contributed by atoms with Gasteiger partial charge in [-0.15, -0.1) is 0 Å². The largest absolute Gasteiger partial charge is 0.494 e. The molecule has 4 rings (SSSR count). The number of anilines is 3. The minimum atomic E-state index is -0.722. The molecule has 28 heavy (non-hydrogen) atoms. The Morgan fingerprint density at radius 2 is 1.82 bits per heavy atom. The van der Waals surface area contributed by atoms with E-state index in [4.69, 9.17) is 4.74 Å². The van der Waals surface area contributed by atoms with E-state index in [1.54, 1.807) is 29.2 Å². The number of nitrogens with one attached hydrogen (secondary N) is 2. The number of amides is 3. The molecule has 0 spiro atoms. The van der Waals surface area contributed by atoms with Crippen LogP contribution in [-0.2, 0) is 4.79 Å². The number of hydrogen-bond donors (Lipinski definition) is 2. The van der Waals surface area contributed by atoms with Crippen molar-refractivity contribution in [1.29, 1.82) is 0 Å². The zero-order valence-corrected chi connectivity index (χ0v) is 15.9. The molecule has 0 radical (unpaired) electrons. The fourth-order valence-corrected chi connectivity index (χ4v) is 3.54. The van der Waals surface area contributed by atoms with E-state index in [9.17, 15) is 9.59 Å². The van der Waals surface area contributed by atoms with Gasteiger partial charge in [-0.1, -0.05) is 19.1 Å². The predicted molar refractivity (Wildman–Crippen MR) is 108 cm³/mol. The van der Waals surface area contributed by atoms with Crippen molar-refractivity contribution in [1.82, 2.24) is 0 Å². The van der Waals surface area contributed by atoms with Gasteiger partial charge in [0, 0.05) is 0 Å². The molecule has 1 atom stereocenters. The average Bonchev–Trinajstić information content (AvgIpc) is 2.98. The molecule has 2 aliphatic heterocycles. The van der Waals surface area contributed by atoms with Crippen LogP contribution in [0.15, 0.2) is 48.5 Å². The van der Waals surface area contributed by atoms with E-state index in [0.717, 1.165) is 12.1 Å². The first-order valence-electron chi connectivity index (χ1n) is 9.52. The molecule has 0 bridgehead atoms. The highest BCUT2D eigenvalue weighted by Crippen LogP contribution is 2.37. The van der Waals surface area contributed by atoms with Gasteiger partial charge in [0.05, 0.1) is 24.5 Å². The molecular weight excluding hydrogens is 356 g/mol. The van der Waals surface area contributed by atoms with Gasteiger partial charge in [-0.2, -0.15) is 0 Å². The number of imide groups is 1. The second-order valence-corrected chi connectivity index (χ2v) is 6.64. The molecule has 3 amide bonds. The maximum absolute atomic E-state index is 13.3. The predicted octanol–water partition coefficient (Wildman–Crippen LogP) is 1.74. The Balaban J connectivity index is 1.76. The van der Waals surface area contributed by atoms with E-state index in [1.165, 1.54) is 4.90 Å². The van der Waals surface area contributed by atoms with Crippen molar-refractivity contribution in [3.63, 3.8) is 0 Å². The molecule has 0 saturated carbocycles. The minimum absolute atomic E-state index is 0.283. The summed E-state index contributed by atoms with van der Waals surface area (Å²) in [6.07, 6.45) is 0.907. The lowest BCUT2D eigenvalue weighted by molar-refractivity contribution is -0.458. The quantitative estimate of drug-likeness (QED) is 0.776. The van der Waals surface area contributed by atoms with E-state index < -0.39 is 6.04 Å². The number of rotatable bonds is 5. The van der Waals surface area contributed by atoms with E-state index in [1.807, 2.05) is 31.2 Å². The van der Waals surface area contributed by atoms with Crippen molar-refractivity contribution in [3.8, 4) is 5.75 Å².